The Hall–Kier alpha value is -0.630. The van der Waals surface area contributed by atoms with Crippen LogP contribution in [0.3, 0.4) is 0 Å². The van der Waals surface area contributed by atoms with Crippen LogP contribution in [-0.4, -0.2) is 23.9 Å². The molecule has 0 aromatic rings. The summed E-state index contributed by atoms with van der Waals surface area (Å²) in [5, 5.41) is 0. The molecule has 18 heavy (non-hydrogen) atoms. The summed E-state index contributed by atoms with van der Waals surface area (Å²) in [4.78, 5) is 0. The first-order valence-electron chi connectivity index (χ1n) is 4.91. The van der Waals surface area contributed by atoms with Gasteiger partial charge >= 0.3 is 23.9 Å². The van der Waals surface area contributed by atoms with Gasteiger partial charge in [0.25, 0.3) is 0 Å². The molecule has 0 aromatic carbocycles. The second kappa shape index (κ2) is 4.80. The molecule has 0 N–H and O–H groups in total. The highest BCUT2D eigenvalue weighted by Gasteiger charge is 2.81. The summed E-state index contributed by atoms with van der Waals surface area (Å²) in [5.41, 5.74) is 0. The Morgan fingerprint density at radius 2 is 1.17 bits per heavy atom. The van der Waals surface area contributed by atoms with E-state index in [1.54, 1.807) is 0 Å². The first-order valence-corrected chi connectivity index (χ1v) is 4.91. The third-order valence-electron chi connectivity index (χ3n) is 2.51. The first-order chi connectivity index (χ1) is 7.70. The van der Waals surface area contributed by atoms with Gasteiger partial charge in [-0.3, -0.25) is 0 Å². The van der Waals surface area contributed by atoms with E-state index >= 15 is 0 Å². The van der Waals surface area contributed by atoms with Crippen LogP contribution in [0.25, 0.3) is 0 Å². The number of hydrogen-bond donors (Lipinski definition) is 0. The molecule has 0 aliphatic rings. The third-order valence-corrected chi connectivity index (χ3v) is 2.51. The first kappa shape index (κ1) is 17.4. The van der Waals surface area contributed by atoms with Gasteiger partial charge in [0.05, 0.1) is 0 Å². The molecule has 0 saturated heterocycles. The summed E-state index contributed by atoms with van der Waals surface area (Å²) in [5.74, 6) is -19.8. The smallest absolute Gasteiger partial charge is 0.200 e. The van der Waals surface area contributed by atoms with Crippen molar-refractivity contribution in [2.24, 2.45) is 5.92 Å². The fourth-order valence-electron chi connectivity index (χ4n) is 1.12. The van der Waals surface area contributed by atoms with Gasteiger partial charge in [-0.05, 0) is 5.92 Å². The average Bonchev–Trinajstić information content (AvgIpc) is 2.14. The van der Waals surface area contributed by atoms with Crippen LogP contribution in [0.2, 0.25) is 0 Å². The van der Waals surface area contributed by atoms with Crippen molar-refractivity contribution in [3.05, 3.63) is 0 Å². The van der Waals surface area contributed by atoms with E-state index < -0.39 is 36.3 Å². The summed E-state index contributed by atoms with van der Waals surface area (Å²) in [7, 11) is 0. The van der Waals surface area contributed by atoms with Gasteiger partial charge in [0, 0.05) is 6.42 Å². The molecule has 0 saturated carbocycles. The quantitative estimate of drug-likeness (QED) is 0.632. The van der Waals surface area contributed by atoms with Gasteiger partial charge in [-0.2, -0.15) is 39.5 Å². The standard InChI is InChI=1S/C9H11F9/c1-3-5(2)4-6(10,11)7(12,13)8(14,15)9(16,17)18/h5H,3-4H2,1-2H3/t5-/m0/s1. The minimum absolute atomic E-state index is 0.0523. The average molecular weight is 290 g/mol. The predicted molar refractivity (Wildman–Crippen MR) is 45.0 cm³/mol. The third kappa shape index (κ3) is 2.85. The molecule has 110 valence electrons. The lowest BCUT2D eigenvalue weighted by molar-refractivity contribution is -0.397. The van der Waals surface area contributed by atoms with Crippen molar-refractivity contribution in [1.29, 1.82) is 0 Å². The Kier molecular flexibility index (Phi) is 4.64. The highest BCUT2D eigenvalue weighted by Crippen LogP contribution is 2.54. The molecule has 0 unspecified atom stereocenters. The van der Waals surface area contributed by atoms with E-state index in [0.29, 0.717) is 0 Å². The number of rotatable bonds is 5. The van der Waals surface area contributed by atoms with Gasteiger partial charge in [-0.15, -0.1) is 0 Å². The molecule has 0 amide bonds. The van der Waals surface area contributed by atoms with Crippen molar-refractivity contribution in [3.8, 4) is 0 Å². The van der Waals surface area contributed by atoms with Crippen LogP contribution in [0, 0.1) is 5.92 Å². The summed E-state index contributed by atoms with van der Waals surface area (Å²) in [6.45, 7) is 2.37. The molecule has 0 aromatic heterocycles. The maximum Gasteiger partial charge on any atom is 0.460 e. The van der Waals surface area contributed by atoms with Crippen molar-refractivity contribution in [2.45, 2.75) is 50.6 Å². The maximum atomic E-state index is 12.9. The largest absolute Gasteiger partial charge is 0.460 e. The van der Waals surface area contributed by atoms with Crippen molar-refractivity contribution in [1.82, 2.24) is 0 Å². The van der Waals surface area contributed by atoms with Crippen molar-refractivity contribution < 1.29 is 39.5 Å². The second-order valence-electron chi connectivity index (χ2n) is 4.07. The number of alkyl halides is 9. The zero-order chi connectivity index (χ0) is 15.0. The van der Waals surface area contributed by atoms with Gasteiger partial charge in [-0.1, -0.05) is 20.3 Å². The molecule has 0 spiro atoms. The molecule has 9 heteroatoms. The zero-order valence-corrected chi connectivity index (χ0v) is 9.39. The molecule has 0 nitrogen and oxygen atoms in total. The highest BCUT2D eigenvalue weighted by atomic mass is 19.4. The summed E-state index contributed by atoms with van der Waals surface area (Å²) >= 11 is 0. The van der Waals surface area contributed by atoms with Crippen LogP contribution in [0.1, 0.15) is 26.7 Å². The van der Waals surface area contributed by atoms with Crippen LogP contribution in [0.4, 0.5) is 39.5 Å². The Morgan fingerprint density at radius 3 is 1.44 bits per heavy atom. The minimum atomic E-state index is -6.78. The summed E-state index contributed by atoms with van der Waals surface area (Å²) < 4.78 is 111. The minimum Gasteiger partial charge on any atom is -0.200 e. The van der Waals surface area contributed by atoms with E-state index in [9.17, 15) is 39.5 Å². The van der Waals surface area contributed by atoms with Crippen LogP contribution < -0.4 is 0 Å². The van der Waals surface area contributed by atoms with Gasteiger partial charge in [-0.25, -0.2) is 0 Å². The van der Waals surface area contributed by atoms with E-state index in [0.717, 1.165) is 6.92 Å². The van der Waals surface area contributed by atoms with Crippen molar-refractivity contribution in [3.63, 3.8) is 0 Å². The van der Waals surface area contributed by atoms with Crippen molar-refractivity contribution >= 4 is 0 Å². The second-order valence-corrected chi connectivity index (χ2v) is 4.07. The maximum absolute atomic E-state index is 12.9. The van der Waals surface area contributed by atoms with Crippen LogP contribution >= 0.6 is 0 Å². The Labute approximate surface area is 97.1 Å². The normalized spacial score (nSPS) is 16.8. The predicted octanol–water partition coefficient (Wildman–Crippen LogP) is 4.89. The van der Waals surface area contributed by atoms with Gasteiger partial charge in [0.15, 0.2) is 0 Å². The zero-order valence-electron chi connectivity index (χ0n) is 9.39. The van der Waals surface area contributed by atoms with Crippen LogP contribution in [0.15, 0.2) is 0 Å². The van der Waals surface area contributed by atoms with Gasteiger partial charge in [0.2, 0.25) is 0 Å². The van der Waals surface area contributed by atoms with E-state index in [4.69, 9.17) is 0 Å². The monoisotopic (exact) mass is 290 g/mol. The van der Waals surface area contributed by atoms with Gasteiger partial charge in [0.1, 0.15) is 0 Å². The Morgan fingerprint density at radius 1 is 0.778 bits per heavy atom. The van der Waals surface area contributed by atoms with Crippen molar-refractivity contribution in [2.75, 3.05) is 0 Å². The van der Waals surface area contributed by atoms with E-state index in [1.807, 2.05) is 0 Å². The lowest BCUT2D eigenvalue weighted by atomic mass is 9.93. The van der Waals surface area contributed by atoms with E-state index in [-0.39, 0.29) is 6.42 Å². The molecule has 0 bridgehead atoms. The number of halogens is 9. The van der Waals surface area contributed by atoms with E-state index in [2.05, 4.69) is 0 Å². The molecule has 0 aliphatic heterocycles. The molecule has 0 aliphatic carbocycles. The topological polar surface area (TPSA) is 0 Å². The molecular weight excluding hydrogens is 279 g/mol. The van der Waals surface area contributed by atoms with Crippen LogP contribution in [0.5, 0.6) is 0 Å². The lowest BCUT2D eigenvalue weighted by Crippen LogP contribution is -2.61. The molecular formula is C9H11F9. The Balaban J connectivity index is 5.36. The SMILES string of the molecule is CC[C@H](C)CC(F)(F)C(F)(F)C(F)(F)C(F)(F)F. The summed E-state index contributed by atoms with van der Waals surface area (Å²) in [6, 6.07) is 0. The molecule has 0 radical (unpaired) electrons. The van der Waals surface area contributed by atoms with E-state index in [1.165, 1.54) is 6.92 Å². The molecule has 0 heterocycles. The number of hydrogen-bond acceptors (Lipinski definition) is 0. The summed E-state index contributed by atoms with van der Waals surface area (Å²) in [6.07, 6.45) is -8.54. The van der Waals surface area contributed by atoms with Crippen LogP contribution in [-0.2, 0) is 0 Å². The molecule has 1 atom stereocenters. The molecule has 0 rings (SSSR count). The highest BCUT2D eigenvalue weighted by molar-refractivity contribution is 5.00. The fraction of sp³-hybridized carbons (Fsp3) is 1.00. The van der Waals surface area contributed by atoms with Gasteiger partial charge < -0.3 is 0 Å². The fourth-order valence-corrected chi connectivity index (χ4v) is 1.12. The molecule has 0 fully saturated rings. The lowest BCUT2D eigenvalue weighted by Gasteiger charge is -2.34. The Bertz CT molecular complexity index is 278.